The summed E-state index contributed by atoms with van der Waals surface area (Å²) in [6, 6.07) is 31.4. The van der Waals surface area contributed by atoms with E-state index in [1.807, 2.05) is 55.5 Å². The summed E-state index contributed by atoms with van der Waals surface area (Å²) in [5.74, 6) is 0.243. The Morgan fingerprint density at radius 2 is 1.25 bits per heavy atom. The van der Waals surface area contributed by atoms with Crippen LogP contribution in [0.1, 0.15) is 16.7 Å². The second-order valence-corrected chi connectivity index (χ2v) is 9.98. The normalized spacial score (nSPS) is 11.2. The molecule has 0 N–H and O–H groups in total. The molecule has 0 bridgehead atoms. The Morgan fingerprint density at radius 1 is 0.750 bits per heavy atom. The number of amidine groups is 1. The SMILES string of the molecule is Cc1ccc(N=C(c2ccccc2)N(C)S(=O)(=O)c2ccc([N+](=O)[O-])cc2)cc1.Cc1ccccc1. The number of hydrogen-bond acceptors (Lipinski definition) is 5. The fraction of sp³-hybridized carbons (Fsp3) is 0.107. The van der Waals surface area contributed by atoms with Crippen LogP contribution in [0.5, 0.6) is 0 Å². The maximum atomic E-state index is 13.1. The maximum absolute atomic E-state index is 13.1. The molecule has 0 spiro atoms. The highest BCUT2D eigenvalue weighted by molar-refractivity contribution is 7.89. The van der Waals surface area contributed by atoms with Gasteiger partial charge in [0.15, 0.2) is 0 Å². The lowest BCUT2D eigenvalue weighted by Gasteiger charge is -2.21. The first-order valence-electron chi connectivity index (χ1n) is 11.1. The molecular formula is C28H27N3O4S. The van der Waals surface area contributed by atoms with Gasteiger partial charge in [0, 0.05) is 24.7 Å². The monoisotopic (exact) mass is 501 g/mol. The minimum atomic E-state index is -3.98. The van der Waals surface area contributed by atoms with E-state index < -0.39 is 14.9 Å². The van der Waals surface area contributed by atoms with Crippen molar-refractivity contribution in [1.82, 2.24) is 4.31 Å². The summed E-state index contributed by atoms with van der Waals surface area (Å²) in [6.45, 7) is 4.04. The van der Waals surface area contributed by atoms with E-state index in [2.05, 4.69) is 24.0 Å². The molecule has 0 aliphatic heterocycles. The lowest BCUT2D eigenvalue weighted by Crippen LogP contribution is -2.33. The van der Waals surface area contributed by atoms with E-state index in [4.69, 9.17) is 0 Å². The van der Waals surface area contributed by atoms with Crippen LogP contribution in [0.3, 0.4) is 0 Å². The number of nitro benzene ring substituents is 1. The van der Waals surface area contributed by atoms with Gasteiger partial charge in [-0.05, 0) is 38.1 Å². The molecule has 7 nitrogen and oxygen atoms in total. The lowest BCUT2D eigenvalue weighted by atomic mass is 10.2. The summed E-state index contributed by atoms with van der Waals surface area (Å²) < 4.78 is 27.4. The molecule has 0 aromatic heterocycles. The van der Waals surface area contributed by atoms with Gasteiger partial charge in [-0.3, -0.25) is 14.4 Å². The topological polar surface area (TPSA) is 92.9 Å². The number of non-ortho nitro benzene ring substituents is 1. The third kappa shape index (κ3) is 6.86. The Balaban J connectivity index is 0.000000444. The van der Waals surface area contributed by atoms with Crippen molar-refractivity contribution in [2.24, 2.45) is 4.99 Å². The molecule has 0 heterocycles. The van der Waals surface area contributed by atoms with Crippen LogP contribution in [0, 0.1) is 24.0 Å². The number of nitrogens with zero attached hydrogens (tertiary/aromatic N) is 3. The van der Waals surface area contributed by atoms with Crippen LogP contribution in [0.25, 0.3) is 0 Å². The van der Waals surface area contributed by atoms with Crippen molar-refractivity contribution in [3.8, 4) is 0 Å². The van der Waals surface area contributed by atoms with Crippen LogP contribution in [0.2, 0.25) is 0 Å². The van der Waals surface area contributed by atoms with Crippen LogP contribution >= 0.6 is 0 Å². The van der Waals surface area contributed by atoms with Crippen molar-refractivity contribution < 1.29 is 13.3 Å². The standard InChI is InChI=1S/C21H19N3O4S.C7H8/c1-16-8-10-18(11-9-16)22-21(17-6-4-3-5-7-17)23(2)29(27,28)20-14-12-19(13-15-20)24(25)26;1-7-5-3-2-4-6-7/h3-15H,1-2H3;2-6H,1H3. The Labute approximate surface area is 211 Å². The van der Waals surface area contributed by atoms with E-state index in [1.165, 1.54) is 36.9 Å². The van der Waals surface area contributed by atoms with Gasteiger partial charge >= 0.3 is 0 Å². The molecule has 0 unspecified atom stereocenters. The van der Waals surface area contributed by atoms with Crippen LogP contribution < -0.4 is 0 Å². The zero-order chi connectivity index (χ0) is 26.1. The van der Waals surface area contributed by atoms with E-state index in [1.54, 1.807) is 24.3 Å². The fourth-order valence-corrected chi connectivity index (χ4v) is 4.36. The molecule has 0 aliphatic carbocycles. The van der Waals surface area contributed by atoms with Gasteiger partial charge in [0.05, 0.1) is 15.5 Å². The van der Waals surface area contributed by atoms with Gasteiger partial charge in [-0.25, -0.2) is 13.4 Å². The molecule has 4 aromatic rings. The van der Waals surface area contributed by atoms with Gasteiger partial charge in [-0.2, -0.15) is 0 Å². The van der Waals surface area contributed by atoms with E-state index >= 15 is 0 Å². The van der Waals surface area contributed by atoms with Crippen LogP contribution in [-0.4, -0.2) is 30.5 Å². The first kappa shape index (κ1) is 26.3. The minimum absolute atomic E-state index is 0.0573. The molecule has 0 saturated carbocycles. The highest BCUT2D eigenvalue weighted by Crippen LogP contribution is 2.23. The van der Waals surface area contributed by atoms with Gasteiger partial charge in [0.1, 0.15) is 5.84 Å². The molecule has 36 heavy (non-hydrogen) atoms. The van der Waals surface area contributed by atoms with Gasteiger partial charge < -0.3 is 0 Å². The lowest BCUT2D eigenvalue weighted by molar-refractivity contribution is -0.384. The first-order valence-corrected chi connectivity index (χ1v) is 12.6. The Kier molecular flexibility index (Phi) is 8.70. The summed E-state index contributed by atoms with van der Waals surface area (Å²) in [7, 11) is -2.56. The molecule has 0 atom stereocenters. The zero-order valence-electron chi connectivity index (χ0n) is 20.3. The van der Waals surface area contributed by atoms with E-state index in [0.717, 1.165) is 9.87 Å². The van der Waals surface area contributed by atoms with E-state index in [-0.39, 0.29) is 16.4 Å². The average molecular weight is 502 g/mol. The quantitative estimate of drug-likeness (QED) is 0.139. The number of benzene rings is 4. The summed E-state index contributed by atoms with van der Waals surface area (Å²) in [6.07, 6.45) is 0. The summed E-state index contributed by atoms with van der Waals surface area (Å²) >= 11 is 0. The van der Waals surface area contributed by atoms with Crippen molar-refractivity contribution in [3.05, 3.63) is 136 Å². The van der Waals surface area contributed by atoms with Crippen molar-refractivity contribution in [1.29, 1.82) is 0 Å². The molecule has 0 fully saturated rings. The van der Waals surface area contributed by atoms with Gasteiger partial charge in [0.25, 0.3) is 15.7 Å². The number of rotatable bonds is 5. The third-order valence-corrected chi connectivity index (χ3v) is 7.01. The number of aliphatic imine (C=N–C) groups is 1. The molecule has 4 rings (SSSR count). The Morgan fingerprint density at radius 3 is 1.72 bits per heavy atom. The van der Waals surface area contributed by atoms with Crippen LogP contribution in [-0.2, 0) is 10.0 Å². The minimum Gasteiger partial charge on any atom is -0.258 e. The third-order valence-electron chi connectivity index (χ3n) is 5.25. The summed E-state index contributed by atoms with van der Waals surface area (Å²) in [4.78, 5) is 14.8. The van der Waals surface area contributed by atoms with Crippen molar-refractivity contribution in [2.75, 3.05) is 7.05 Å². The molecule has 4 aromatic carbocycles. The predicted molar refractivity (Wildman–Crippen MR) is 143 cm³/mol. The predicted octanol–water partition coefficient (Wildman–Crippen LogP) is 6.30. The maximum Gasteiger partial charge on any atom is 0.269 e. The van der Waals surface area contributed by atoms with Crippen molar-refractivity contribution in [3.63, 3.8) is 0 Å². The molecule has 0 radical (unpaired) electrons. The molecule has 0 aliphatic rings. The van der Waals surface area contributed by atoms with Gasteiger partial charge in [-0.1, -0.05) is 83.9 Å². The second-order valence-electron chi connectivity index (χ2n) is 8.02. The Bertz CT molecular complexity index is 1420. The largest absolute Gasteiger partial charge is 0.269 e. The zero-order valence-corrected chi connectivity index (χ0v) is 21.1. The Hall–Kier alpha value is -4.30. The summed E-state index contributed by atoms with van der Waals surface area (Å²) in [5.41, 5.74) is 3.45. The molecule has 0 saturated heterocycles. The fourth-order valence-electron chi connectivity index (χ4n) is 3.19. The van der Waals surface area contributed by atoms with Crippen LogP contribution in [0.4, 0.5) is 11.4 Å². The molecule has 184 valence electrons. The van der Waals surface area contributed by atoms with E-state index in [9.17, 15) is 18.5 Å². The average Bonchev–Trinajstić information content (AvgIpc) is 2.89. The highest BCUT2D eigenvalue weighted by atomic mass is 32.2. The first-order chi connectivity index (χ1) is 17.2. The van der Waals surface area contributed by atoms with Crippen LogP contribution in [0.15, 0.2) is 119 Å². The number of hydrogen-bond donors (Lipinski definition) is 0. The molecule has 8 heteroatoms. The van der Waals surface area contributed by atoms with Crippen molar-refractivity contribution >= 4 is 27.2 Å². The number of aryl methyl sites for hydroxylation is 2. The highest BCUT2D eigenvalue weighted by Gasteiger charge is 2.26. The van der Waals surface area contributed by atoms with Gasteiger partial charge in [-0.15, -0.1) is 0 Å². The summed E-state index contributed by atoms with van der Waals surface area (Å²) in [5, 5.41) is 10.8. The molecule has 0 amide bonds. The number of sulfonamides is 1. The number of nitro groups is 1. The van der Waals surface area contributed by atoms with Crippen molar-refractivity contribution in [2.45, 2.75) is 18.7 Å². The molecular weight excluding hydrogens is 474 g/mol. The smallest absolute Gasteiger partial charge is 0.258 e. The van der Waals surface area contributed by atoms with Gasteiger partial charge in [0.2, 0.25) is 0 Å². The second kappa shape index (κ2) is 11.9. The van der Waals surface area contributed by atoms with E-state index in [0.29, 0.717) is 11.3 Å².